The van der Waals surface area contributed by atoms with Crippen molar-refractivity contribution >= 4 is 21.7 Å². The predicted molar refractivity (Wildman–Crippen MR) is 146 cm³/mol. The summed E-state index contributed by atoms with van der Waals surface area (Å²) in [6.07, 6.45) is 0. The SMILES string of the molecule is COc1cccc(OC)c1-c1n[nH]c(C(=O)O)c1-c1ccc(NS(=O)(=O)c2ccc(C)cc2)cc1C(C)C. The number of benzene rings is 3. The van der Waals surface area contributed by atoms with E-state index in [1.807, 2.05) is 20.8 Å². The lowest BCUT2D eigenvalue weighted by atomic mass is 9.89. The Hall–Kier alpha value is -4.31. The summed E-state index contributed by atoms with van der Waals surface area (Å²) in [5.41, 5.74) is 3.70. The van der Waals surface area contributed by atoms with Gasteiger partial charge in [-0.15, -0.1) is 0 Å². The minimum absolute atomic E-state index is 0.0854. The molecule has 0 aliphatic carbocycles. The summed E-state index contributed by atoms with van der Waals surface area (Å²) in [7, 11) is -0.803. The van der Waals surface area contributed by atoms with Crippen molar-refractivity contribution in [3.05, 3.63) is 77.5 Å². The number of H-pyrrole nitrogens is 1. The molecule has 0 saturated carbocycles. The zero-order chi connectivity index (χ0) is 27.6. The van der Waals surface area contributed by atoms with Crippen LogP contribution in [0.3, 0.4) is 0 Å². The number of aromatic nitrogens is 2. The summed E-state index contributed by atoms with van der Waals surface area (Å²) >= 11 is 0. The minimum atomic E-state index is -3.83. The van der Waals surface area contributed by atoms with Crippen LogP contribution in [0.5, 0.6) is 11.5 Å². The van der Waals surface area contributed by atoms with Gasteiger partial charge in [-0.25, -0.2) is 13.2 Å². The van der Waals surface area contributed by atoms with Crippen LogP contribution in [-0.2, 0) is 10.0 Å². The molecule has 3 aromatic carbocycles. The topological polar surface area (TPSA) is 131 Å². The fourth-order valence-corrected chi connectivity index (χ4v) is 5.34. The number of carboxylic acids is 1. The molecule has 3 N–H and O–H groups in total. The molecule has 0 aliphatic rings. The highest BCUT2D eigenvalue weighted by atomic mass is 32.2. The molecular formula is C28H29N3O6S. The van der Waals surface area contributed by atoms with Crippen LogP contribution in [0.4, 0.5) is 5.69 Å². The van der Waals surface area contributed by atoms with Crippen LogP contribution in [0.25, 0.3) is 22.4 Å². The van der Waals surface area contributed by atoms with Gasteiger partial charge in [-0.1, -0.05) is 43.7 Å². The summed E-state index contributed by atoms with van der Waals surface area (Å²) < 4.78 is 39.7. The van der Waals surface area contributed by atoms with E-state index in [0.717, 1.165) is 11.1 Å². The van der Waals surface area contributed by atoms with E-state index in [9.17, 15) is 18.3 Å². The van der Waals surface area contributed by atoms with Gasteiger partial charge in [0.15, 0.2) is 5.69 Å². The van der Waals surface area contributed by atoms with Crippen molar-refractivity contribution in [2.24, 2.45) is 0 Å². The van der Waals surface area contributed by atoms with E-state index in [0.29, 0.717) is 39.6 Å². The van der Waals surface area contributed by atoms with Crippen LogP contribution < -0.4 is 14.2 Å². The molecule has 1 aromatic heterocycles. The number of carbonyl (C=O) groups is 1. The summed E-state index contributed by atoms with van der Waals surface area (Å²) in [5.74, 6) is -0.352. The highest BCUT2D eigenvalue weighted by molar-refractivity contribution is 7.92. The van der Waals surface area contributed by atoms with Crippen LogP contribution in [0.15, 0.2) is 65.6 Å². The Balaban J connectivity index is 1.89. The summed E-state index contributed by atoms with van der Waals surface area (Å²) in [5, 5.41) is 17.0. The second-order valence-electron chi connectivity index (χ2n) is 9.04. The van der Waals surface area contributed by atoms with Crippen LogP contribution in [-0.4, -0.2) is 43.9 Å². The fraction of sp³-hybridized carbons (Fsp3) is 0.214. The summed E-state index contributed by atoms with van der Waals surface area (Å²) in [6.45, 7) is 5.77. The molecule has 4 rings (SSSR count). The fourth-order valence-electron chi connectivity index (χ4n) is 4.29. The number of sulfonamides is 1. The first kappa shape index (κ1) is 26.7. The van der Waals surface area contributed by atoms with Crippen LogP contribution >= 0.6 is 0 Å². The van der Waals surface area contributed by atoms with Crippen molar-refractivity contribution in [1.82, 2.24) is 10.2 Å². The molecule has 0 spiro atoms. The van der Waals surface area contributed by atoms with Gasteiger partial charge in [0.1, 0.15) is 17.2 Å². The van der Waals surface area contributed by atoms with Crippen molar-refractivity contribution in [3.63, 3.8) is 0 Å². The third kappa shape index (κ3) is 5.08. The average Bonchev–Trinajstić information content (AvgIpc) is 3.33. The first-order valence-corrected chi connectivity index (χ1v) is 13.3. The lowest BCUT2D eigenvalue weighted by Crippen LogP contribution is -2.13. The molecule has 0 bridgehead atoms. The third-order valence-corrected chi connectivity index (χ3v) is 7.57. The molecule has 0 unspecified atom stereocenters. The Labute approximate surface area is 221 Å². The van der Waals surface area contributed by atoms with E-state index in [1.54, 1.807) is 60.7 Å². The molecule has 0 amide bonds. The van der Waals surface area contributed by atoms with Gasteiger partial charge >= 0.3 is 5.97 Å². The second-order valence-corrected chi connectivity index (χ2v) is 10.7. The quantitative estimate of drug-likeness (QED) is 0.251. The van der Waals surface area contributed by atoms with Gasteiger partial charge in [0, 0.05) is 11.3 Å². The Morgan fingerprint density at radius 2 is 1.61 bits per heavy atom. The molecule has 4 aromatic rings. The number of nitrogens with one attached hydrogen (secondary N) is 2. The van der Waals surface area contributed by atoms with Gasteiger partial charge in [-0.2, -0.15) is 5.10 Å². The van der Waals surface area contributed by atoms with Crippen molar-refractivity contribution in [3.8, 4) is 33.9 Å². The molecule has 0 radical (unpaired) electrons. The van der Waals surface area contributed by atoms with E-state index in [4.69, 9.17) is 9.47 Å². The van der Waals surface area contributed by atoms with Crippen LogP contribution in [0.1, 0.15) is 41.4 Å². The number of rotatable bonds is 9. The normalized spacial score (nSPS) is 11.4. The molecule has 0 atom stereocenters. The molecule has 38 heavy (non-hydrogen) atoms. The van der Waals surface area contributed by atoms with E-state index in [2.05, 4.69) is 14.9 Å². The number of hydrogen-bond acceptors (Lipinski definition) is 6. The van der Waals surface area contributed by atoms with Crippen molar-refractivity contribution in [2.75, 3.05) is 18.9 Å². The lowest BCUT2D eigenvalue weighted by Gasteiger charge is -2.18. The zero-order valence-electron chi connectivity index (χ0n) is 21.7. The maximum atomic E-state index is 13.0. The number of carboxylic acid groups (broad SMARTS) is 1. The number of anilines is 1. The average molecular weight is 536 g/mol. The summed E-state index contributed by atoms with van der Waals surface area (Å²) in [6, 6.07) is 16.8. The van der Waals surface area contributed by atoms with E-state index in [1.165, 1.54) is 14.2 Å². The van der Waals surface area contributed by atoms with Gasteiger partial charge in [0.2, 0.25) is 0 Å². The first-order chi connectivity index (χ1) is 18.1. The van der Waals surface area contributed by atoms with Crippen molar-refractivity contribution < 1.29 is 27.8 Å². The van der Waals surface area contributed by atoms with E-state index < -0.39 is 16.0 Å². The highest BCUT2D eigenvalue weighted by Crippen LogP contribution is 2.45. The lowest BCUT2D eigenvalue weighted by molar-refractivity contribution is 0.0691. The molecule has 0 fully saturated rings. The monoisotopic (exact) mass is 535 g/mol. The smallest absolute Gasteiger partial charge is 0.354 e. The number of aromatic amines is 1. The van der Waals surface area contributed by atoms with Gasteiger partial charge in [0.25, 0.3) is 10.0 Å². The molecule has 0 saturated heterocycles. The molecule has 9 nitrogen and oxygen atoms in total. The molecule has 1 heterocycles. The van der Waals surface area contributed by atoms with Crippen LogP contribution in [0.2, 0.25) is 0 Å². The Morgan fingerprint density at radius 3 is 2.16 bits per heavy atom. The highest BCUT2D eigenvalue weighted by Gasteiger charge is 2.28. The minimum Gasteiger partial charge on any atom is -0.496 e. The number of aryl methyl sites for hydroxylation is 1. The largest absolute Gasteiger partial charge is 0.496 e. The zero-order valence-corrected chi connectivity index (χ0v) is 22.5. The Kier molecular flexibility index (Phi) is 7.45. The van der Waals surface area contributed by atoms with Crippen molar-refractivity contribution in [1.29, 1.82) is 0 Å². The molecule has 0 aliphatic heterocycles. The van der Waals surface area contributed by atoms with Gasteiger partial charge in [-0.05, 0) is 60.4 Å². The number of hydrogen-bond donors (Lipinski definition) is 3. The number of nitrogens with zero attached hydrogens (tertiary/aromatic N) is 1. The maximum Gasteiger partial charge on any atom is 0.354 e. The maximum absolute atomic E-state index is 13.0. The second kappa shape index (κ2) is 10.6. The van der Waals surface area contributed by atoms with Crippen LogP contribution in [0, 0.1) is 6.92 Å². The molecule has 10 heteroatoms. The first-order valence-electron chi connectivity index (χ1n) is 11.8. The number of methoxy groups -OCH3 is 2. The standard InChI is InChI=1S/C28H29N3O6S/c1-16(2)21-15-18(31-38(34,35)19-12-9-17(3)10-13-19)11-14-20(21)24-26(29-30-27(24)28(32)33)25-22(36-4)7-6-8-23(25)37-5/h6-16,31H,1-5H3,(H,29,30)(H,32,33). The van der Waals surface area contributed by atoms with E-state index in [-0.39, 0.29) is 16.5 Å². The Morgan fingerprint density at radius 1 is 0.974 bits per heavy atom. The van der Waals surface area contributed by atoms with Gasteiger partial charge < -0.3 is 14.6 Å². The summed E-state index contributed by atoms with van der Waals surface area (Å²) in [4.78, 5) is 12.4. The van der Waals surface area contributed by atoms with Crippen molar-refractivity contribution in [2.45, 2.75) is 31.6 Å². The molecular weight excluding hydrogens is 506 g/mol. The number of aromatic carboxylic acids is 1. The van der Waals surface area contributed by atoms with E-state index >= 15 is 0 Å². The van der Waals surface area contributed by atoms with Gasteiger partial charge in [-0.3, -0.25) is 9.82 Å². The molecule has 198 valence electrons. The Bertz CT molecular complexity index is 1570. The third-order valence-electron chi connectivity index (χ3n) is 6.17. The number of ether oxygens (including phenoxy) is 2. The van der Waals surface area contributed by atoms with Gasteiger partial charge in [0.05, 0.1) is 24.7 Å². The predicted octanol–water partition coefficient (Wildman–Crippen LogP) is 5.69.